The largest absolute Gasteiger partial charge is 0.420 e. The van der Waals surface area contributed by atoms with Crippen molar-refractivity contribution in [1.29, 1.82) is 0 Å². The third kappa shape index (κ3) is 3.23. The van der Waals surface area contributed by atoms with Gasteiger partial charge in [0.1, 0.15) is 0 Å². The van der Waals surface area contributed by atoms with Crippen LogP contribution in [0, 0.1) is 0 Å². The van der Waals surface area contributed by atoms with Crippen LogP contribution in [-0.4, -0.2) is 33.4 Å². The maximum Gasteiger partial charge on any atom is 0.420 e. The molecule has 5 rings (SSSR count). The number of aromatic amines is 1. The molecule has 6 nitrogen and oxygen atoms in total. The summed E-state index contributed by atoms with van der Waals surface area (Å²) in [6, 6.07) is 13.0. The van der Waals surface area contributed by atoms with Crippen molar-refractivity contribution in [3.63, 3.8) is 0 Å². The fourth-order valence-corrected chi connectivity index (χ4v) is 4.46. The molecule has 1 saturated heterocycles. The van der Waals surface area contributed by atoms with Crippen molar-refractivity contribution in [1.82, 2.24) is 14.5 Å². The molecule has 7 heteroatoms. The molecular weight excluding hydrogens is 390 g/mol. The van der Waals surface area contributed by atoms with Gasteiger partial charge < -0.3 is 14.3 Å². The molecule has 0 aliphatic carbocycles. The zero-order valence-electron chi connectivity index (χ0n) is 15.7. The Kier molecular flexibility index (Phi) is 4.43. The van der Waals surface area contributed by atoms with Gasteiger partial charge in [0.25, 0.3) is 0 Å². The third-order valence-corrected chi connectivity index (χ3v) is 5.94. The van der Waals surface area contributed by atoms with Crippen LogP contribution in [0.3, 0.4) is 0 Å². The van der Waals surface area contributed by atoms with Crippen LogP contribution in [-0.2, 0) is 11.2 Å². The molecule has 1 aliphatic rings. The summed E-state index contributed by atoms with van der Waals surface area (Å²) in [6.07, 6.45) is 3.89. The molecule has 2 aromatic heterocycles. The number of likely N-dealkylation sites (tertiary alicyclic amines) is 1. The molecule has 29 heavy (non-hydrogen) atoms. The standard InChI is InChI=1S/C22H20ClN3O3/c23-15-7-8-20-19(11-15)26(22(28)29-20)16-4-3-9-25(13-16)21(27)10-14-12-24-18-6-2-1-5-17(14)18/h1-2,5-8,11-12,16,24H,3-4,9-10,13H2/t16-/m0/s1. The number of fused-ring (bicyclic) bond motifs is 2. The molecule has 3 heterocycles. The highest BCUT2D eigenvalue weighted by Crippen LogP contribution is 2.27. The summed E-state index contributed by atoms with van der Waals surface area (Å²) in [5.41, 5.74) is 3.21. The van der Waals surface area contributed by atoms with Crippen LogP contribution in [0.5, 0.6) is 0 Å². The number of carbonyl (C=O) groups excluding carboxylic acids is 1. The average Bonchev–Trinajstić information content (AvgIpc) is 3.28. The molecule has 4 aromatic rings. The molecule has 0 radical (unpaired) electrons. The maximum absolute atomic E-state index is 13.0. The van der Waals surface area contributed by atoms with E-state index in [0.29, 0.717) is 35.6 Å². The van der Waals surface area contributed by atoms with Gasteiger partial charge in [-0.3, -0.25) is 9.36 Å². The Morgan fingerprint density at radius 2 is 2.10 bits per heavy atom. The highest BCUT2D eigenvalue weighted by atomic mass is 35.5. The van der Waals surface area contributed by atoms with E-state index in [1.165, 1.54) is 0 Å². The van der Waals surface area contributed by atoms with Gasteiger partial charge in [0, 0.05) is 35.2 Å². The number of rotatable bonds is 3. The lowest BCUT2D eigenvalue weighted by Gasteiger charge is -2.33. The van der Waals surface area contributed by atoms with Crippen molar-refractivity contribution in [3.8, 4) is 0 Å². The molecule has 0 saturated carbocycles. The first-order valence-electron chi connectivity index (χ1n) is 9.73. The summed E-state index contributed by atoms with van der Waals surface area (Å²) in [6.45, 7) is 1.19. The van der Waals surface area contributed by atoms with Crippen LogP contribution < -0.4 is 5.76 Å². The number of nitrogens with zero attached hydrogens (tertiary/aromatic N) is 2. The topological polar surface area (TPSA) is 71.2 Å². The van der Waals surface area contributed by atoms with E-state index in [1.54, 1.807) is 22.8 Å². The SMILES string of the molecule is O=C(Cc1c[nH]c2ccccc12)N1CCC[C@H](n2c(=O)oc3ccc(Cl)cc32)C1. The number of amides is 1. The lowest BCUT2D eigenvalue weighted by Crippen LogP contribution is -2.42. The molecule has 148 valence electrons. The lowest BCUT2D eigenvalue weighted by molar-refractivity contribution is -0.132. The highest BCUT2D eigenvalue weighted by molar-refractivity contribution is 6.31. The fraction of sp³-hybridized carbons (Fsp3) is 0.273. The van der Waals surface area contributed by atoms with Crippen LogP contribution in [0.2, 0.25) is 5.02 Å². The minimum Gasteiger partial charge on any atom is -0.408 e. The smallest absolute Gasteiger partial charge is 0.408 e. The second kappa shape index (κ2) is 7.12. The van der Waals surface area contributed by atoms with E-state index in [9.17, 15) is 9.59 Å². The van der Waals surface area contributed by atoms with Crippen LogP contribution in [0.15, 0.2) is 57.9 Å². The number of piperidine rings is 1. The molecule has 1 amide bonds. The molecule has 1 N–H and O–H groups in total. The van der Waals surface area contributed by atoms with Crippen LogP contribution in [0.1, 0.15) is 24.4 Å². The molecule has 0 unspecified atom stereocenters. The third-order valence-electron chi connectivity index (χ3n) is 5.71. The van der Waals surface area contributed by atoms with E-state index in [4.69, 9.17) is 16.0 Å². The Balaban J connectivity index is 1.40. The number of hydrogen-bond donors (Lipinski definition) is 1. The van der Waals surface area contributed by atoms with Crippen molar-refractivity contribution in [3.05, 3.63) is 69.8 Å². The van der Waals surface area contributed by atoms with E-state index in [2.05, 4.69) is 4.98 Å². The van der Waals surface area contributed by atoms with Crippen LogP contribution in [0.25, 0.3) is 22.0 Å². The molecule has 1 atom stereocenters. The van der Waals surface area contributed by atoms with Crippen molar-refractivity contribution in [2.75, 3.05) is 13.1 Å². The average molecular weight is 410 g/mol. The molecule has 1 aliphatic heterocycles. The molecular formula is C22H20ClN3O3. The summed E-state index contributed by atoms with van der Waals surface area (Å²) < 4.78 is 7.02. The van der Waals surface area contributed by atoms with E-state index < -0.39 is 5.76 Å². The van der Waals surface area contributed by atoms with Gasteiger partial charge in [0.15, 0.2) is 5.58 Å². The molecule has 1 fully saturated rings. The monoisotopic (exact) mass is 409 g/mol. The molecule has 0 bridgehead atoms. The Bertz CT molecular complexity index is 1270. The van der Waals surface area contributed by atoms with Crippen molar-refractivity contribution >= 4 is 39.5 Å². The fourth-order valence-electron chi connectivity index (χ4n) is 4.30. The number of nitrogens with one attached hydrogen (secondary N) is 1. The number of aromatic nitrogens is 2. The van der Waals surface area contributed by atoms with Gasteiger partial charge in [-0.05, 0) is 42.7 Å². The van der Waals surface area contributed by atoms with Gasteiger partial charge >= 0.3 is 5.76 Å². The number of oxazole rings is 1. The minimum absolute atomic E-state index is 0.0679. The summed E-state index contributed by atoms with van der Waals surface area (Å²) in [4.78, 5) is 30.6. The van der Waals surface area contributed by atoms with Crippen LogP contribution in [0.4, 0.5) is 0 Å². The second-order valence-electron chi connectivity index (χ2n) is 7.52. The predicted octanol–water partition coefficient (Wildman–Crippen LogP) is 4.14. The number of benzene rings is 2. The summed E-state index contributed by atoms with van der Waals surface area (Å²) in [7, 11) is 0. The van der Waals surface area contributed by atoms with Crippen LogP contribution >= 0.6 is 11.6 Å². The van der Waals surface area contributed by atoms with E-state index in [1.807, 2.05) is 35.4 Å². The van der Waals surface area contributed by atoms with Gasteiger partial charge in [0.2, 0.25) is 5.91 Å². The van der Waals surface area contributed by atoms with Gasteiger partial charge in [-0.1, -0.05) is 29.8 Å². The first kappa shape index (κ1) is 18.1. The predicted molar refractivity (Wildman–Crippen MR) is 112 cm³/mol. The zero-order valence-corrected chi connectivity index (χ0v) is 16.5. The van der Waals surface area contributed by atoms with Gasteiger partial charge in [-0.25, -0.2) is 4.79 Å². The number of para-hydroxylation sites is 1. The number of hydrogen-bond acceptors (Lipinski definition) is 3. The van der Waals surface area contributed by atoms with E-state index in [0.717, 1.165) is 29.3 Å². The Morgan fingerprint density at radius 1 is 1.24 bits per heavy atom. The first-order valence-corrected chi connectivity index (χ1v) is 10.1. The minimum atomic E-state index is -0.404. The molecule has 0 spiro atoms. The van der Waals surface area contributed by atoms with Gasteiger partial charge in [-0.2, -0.15) is 0 Å². The number of H-pyrrole nitrogens is 1. The number of halogens is 1. The zero-order chi connectivity index (χ0) is 20.0. The molecule has 2 aromatic carbocycles. The number of carbonyl (C=O) groups is 1. The quantitative estimate of drug-likeness (QED) is 0.553. The highest BCUT2D eigenvalue weighted by Gasteiger charge is 2.28. The van der Waals surface area contributed by atoms with Crippen molar-refractivity contribution < 1.29 is 9.21 Å². The Morgan fingerprint density at radius 3 is 3.00 bits per heavy atom. The van der Waals surface area contributed by atoms with Crippen molar-refractivity contribution in [2.45, 2.75) is 25.3 Å². The Labute approximate surface area is 171 Å². The summed E-state index contributed by atoms with van der Waals surface area (Å²) in [5, 5.41) is 1.62. The Hall–Kier alpha value is -2.99. The first-order chi connectivity index (χ1) is 14.1. The van der Waals surface area contributed by atoms with E-state index in [-0.39, 0.29) is 11.9 Å². The van der Waals surface area contributed by atoms with Gasteiger partial charge in [-0.15, -0.1) is 0 Å². The summed E-state index contributed by atoms with van der Waals surface area (Å²) in [5.74, 6) is -0.337. The maximum atomic E-state index is 13.0. The second-order valence-corrected chi connectivity index (χ2v) is 7.96. The lowest BCUT2D eigenvalue weighted by atomic mass is 10.0. The van der Waals surface area contributed by atoms with Gasteiger partial charge in [0.05, 0.1) is 18.0 Å². The van der Waals surface area contributed by atoms with E-state index >= 15 is 0 Å². The van der Waals surface area contributed by atoms with Crippen molar-refractivity contribution in [2.24, 2.45) is 0 Å². The summed E-state index contributed by atoms with van der Waals surface area (Å²) >= 11 is 6.12. The normalized spacial score (nSPS) is 17.3.